The maximum Gasteiger partial charge on any atom is 0.165 e. The summed E-state index contributed by atoms with van der Waals surface area (Å²) in [6.45, 7) is 2.30. The van der Waals surface area contributed by atoms with E-state index in [0.29, 0.717) is 18.2 Å². The van der Waals surface area contributed by atoms with Crippen LogP contribution in [0.4, 0.5) is 0 Å². The number of fused-ring (bicyclic) bond motifs is 2. The number of benzene rings is 2. The zero-order chi connectivity index (χ0) is 24.3. The van der Waals surface area contributed by atoms with E-state index in [-0.39, 0.29) is 28.6 Å². The Morgan fingerprint density at radius 3 is 2.72 bits per heavy atom. The van der Waals surface area contributed by atoms with Crippen molar-refractivity contribution in [2.45, 2.75) is 80.6 Å². The van der Waals surface area contributed by atoms with Crippen molar-refractivity contribution in [2.75, 3.05) is 20.2 Å². The summed E-state index contributed by atoms with van der Waals surface area (Å²) in [5.74, 6) is 1.82. The lowest BCUT2D eigenvalue weighted by molar-refractivity contribution is -0.290. The number of aliphatic hydroxyl groups excluding tert-OH is 1. The predicted molar refractivity (Wildman–Crippen MR) is 136 cm³/mol. The third-order valence-electron chi connectivity index (χ3n) is 11.5. The highest BCUT2D eigenvalue weighted by atomic mass is 16.6. The Kier molecular flexibility index (Phi) is 4.43. The Bertz CT molecular complexity index is 1210. The average molecular weight is 488 g/mol. The summed E-state index contributed by atoms with van der Waals surface area (Å²) in [4.78, 5) is 2.82. The number of piperidine rings is 1. The van der Waals surface area contributed by atoms with Gasteiger partial charge in [-0.15, -0.1) is 0 Å². The number of phenols is 1. The molecular weight excluding hydrogens is 450 g/mol. The van der Waals surface area contributed by atoms with Crippen molar-refractivity contribution in [1.82, 2.24) is 4.90 Å². The summed E-state index contributed by atoms with van der Waals surface area (Å²) in [6, 6.07) is 14.8. The van der Waals surface area contributed by atoms with Gasteiger partial charge in [0.05, 0.1) is 6.10 Å². The first-order valence-electron chi connectivity index (χ1n) is 14.1. The zero-order valence-corrected chi connectivity index (χ0v) is 21.2. The number of hydrogen-bond donors (Lipinski definition) is 2. The topological polar surface area (TPSA) is 62.2 Å². The minimum atomic E-state index is -0.556. The zero-order valence-electron chi connectivity index (χ0n) is 21.2. The SMILES string of the molecule is CO[C@]12CC[C@@]3(C[C@@H]1[C@@H](O)Cc1ccccc1)[C@H]1Cc4ccc(O)c5c4[C@@]3(CCN1CC1CC1)[C@H]2O5. The predicted octanol–water partition coefficient (Wildman–Crippen LogP) is 4.22. The summed E-state index contributed by atoms with van der Waals surface area (Å²) < 4.78 is 13.4. The second-order valence-corrected chi connectivity index (χ2v) is 12.7. The van der Waals surface area contributed by atoms with E-state index < -0.39 is 11.7 Å². The number of rotatable bonds is 6. The highest BCUT2D eigenvalue weighted by Crippen LogP contribution is 2.77. The molecule has 9 rings (SSSR count). The van der Waals surface area contributed by atoms with E-state index in [4.69, 9.17) is 9.47 Å². The highest BCUT2D eigenvalue weighted by molar-refractivity contribution is 5.63. The molecule has 4 bridgehead atoms. The minimum Gasteiger partial charge on any atom is -0.504 e. The number of methoxy groups -OCH3 is 1. The first-order valence-corrected chi connectivity index (χ1v) is 14.1. The number of hydrogen-bond acceptors (Lipinski definition) is 5. The molecule has 5 nitrogen and oxygen atoms in total. The van der Waals surface area contributed by atoms with Crippen LogP contribution in [0.1, 0.15) is 55.2 Å². The maximum atomic E-state index is 11.8. The molecule has 0 unspecified atom stereocenters. The summed E-state index contributed by atoms with van der Waals surface area (Å²) in [5, 5.41) is 22.8. The van der Waals surface area contributed by atoms with E-state index >= 15 is 0 Å². The third-order valence-corrected chi connectivity index (χ3v) is 11.5. The maximum absolute atomic E-state index is 11.8. The summed E-state index contributed by atoms with van der Waals surface area (Å²) in [5.41, 5.74) is 3.16. The largest absolute Gasteiger partial charge is 0.504 e. The summed E-state index contributed by atoms with van der Waals surface area (Å²) in [7, 11) is 1.83. The fourth-order valence-corrected chi connectivity index (χ4v) is 9.90. The molecule has 4 saturated carbocycles. The molecule has 0 amide bonds. The Morgan fingerprint density at radius 1 is 1.11 bits per heavy atom. The van der Waals surface area contributed by atoms with Crippen LogP contribution >= 0.6 is 0 Å². The average Bonchev–Trinajstić information content (AvgIpc) is 3.64. The number of nitrogens with zero attached hydrogens (tertiary/aromatic N) is 1. The standard InChI is InChI=1S/C31H37NO4/c1-35-31-12-11-29(17-22(31)24(34)15-19-5-3-2-4-6-19)25-16-21-9-10-23(33)27-26(21)30(29,28(31)36-27)13-14-32(25)18-20-7-8-20/h2-6,9-10,20,22,24-25,28,33-34H,7-8,11-18H2,1H3/t22-,24+,25-,28-,29-,30+,31-/m1/s1. The quantitative estimate of drug-likeness (QED) is 0.639. The monoisotopic (exact) mass is 487 g/mol. The second-order valence-electron chi connectivity index (χ2n) is 12.7. The molecule has 5 aliphatic carbocycles. The van der Waals surface area contributed by atoms with Crippen molar-refractivity contribution in [3.63, 3.8) is 0 Å². The molecule has 5 heteroatoms. The Hall–Kier alpha value is -2.08. The normalized spacial score (nSPS) is 40.6. The Balaban J connectivity index is 1.29. The fourth-order valence-electron chi connectivity index (χ4n) is 9.90. The van der Waals surface area contributed by atoms with E-state index in [2.05, 4.69) is 35.2 Å². The smallest absolute Gasteiger partial charge is 0.165 e. The summed E-state index contributed by atoms with van der Waals surface area (Å²) >= 11 is 0. The molecule has 7 atom stereocenters. The Morgan fingerprint density at radius 2 is 1.94 bits per heavy atom. The molecule has 0 radical (unpaired) electrons. The molecule has 2 aliphatic heterocycles. The van der Waals surface area contributed by atoms with Crippen LogP contribution in [0.25, 0.3) is 0 Å². The van der Waals surface area contributed by atoms with Gasteiger partial charge in [-0.05, 0) is 81.0 Å². The van der Waals surface area contributed by atoms with Crippen LogP contribution in [0, 0.1) is 17.3 Å². The Labute approximate surface area is 213 Å². The lowest BCUT2D eigenvalue weighted by Gasteiger charge is -2.74. The summed E-state index contributed by atoms with van der Waals surface area (Å²) in [6.07, 6.45) is 7.76. The molecule has 2 aromatic carbocycles. The molecule has 2 spiro atoms. The van der Waals surface area contributed by atoms with E-state index in [9.17, 15) is 10.2 Å². The van der Waals surface area contributed by atoms with Crippen molar-refractivity contribution >= 4 is 0 Å². The van der Waals surface area contributed by atoms with Gasteiger partial charge in [-0.3, -0.25) is 4.90 Å². The van der Waals surface area contributed by atoms with Gasteiger partial charge in [-0.2, -0.15) is 0 Å². The van der Waals surface area contributed by atoms with Gasteiger partial charge in [0.2, 0.25) is 0 Å². The molecule has 1 saturated heterocycles. The fraction of sp³-hybridized carbons (Fsp3) is 0.613. The van der Waals surface area contributed by atoms with Crippen molar-refractivity contribution in [3.8, 4) is 11.5 Å². The van der Waals surface area contributed by atoms with Gasteiger partial charge in [-0.25, -0.2) is 0 Å². The van der Waals surface area contributed by atoms with Gasteiger partial charge in [0.25, 0.3) is 0 Å². The number of phenolic OH excluding ortho intramolecular Hbond substituents is 1. The first-order chi connectivity index (χ1) is 17.5. The lowest BCUT2D eigenvalue weighted by atomic mass is 9.34. The van der Waals surface area contributed by atoms with Gasteiger partial charge in [-0.1, -0.05) is 36.4 Å². The minimum absolute atomic E-state index is 0.00374. The van der Waals surface area contributed by atoms with Crippen LogP contribution in [0.5, 0.6) is 11.5 Å². The molecule has 36 heavy (non-hydrogen) atoms. The van der Waals surface area contributed by atoms with E-state index in [1.807, 2.05) is 19.2 Å². The number of aromatic hydroxyl groups is 1. The molecule has 2 N–H and O–H groups in total. The van der Waals surface area contributed by atoms with Crippen LogP contribution in [0.2, 0.25) is 0 Å². The number of aliphatic hydroxyl groups is 1. The van der Waals surface area contributed by atoms with Crippen LogP contribution in [0.15, 0.2) is 42.5 Å². The first kappa shape index (κ1) is 22.0. The molecular formula is C31H37NO4. The van der Waals surface area contributed by atoms with E-state index in [1.165, 1.54) is 36.1 Å². The van der Waals surface area contributed by atoms with Gasteiger partial charge in [0.15, 0.2) is 11.5 Å². The van der Waals surface area contributed by atoms with Crippen molar-refractivity contribution in [2.24, 2.45) is 17.3 Å². The van der Waals surface area contributed by atoms with Crippen LogP contribution in [0.3, 0.4) is 0 Å². The van der Waals surface area contributed by atoms with Crippen molar-refractivity contribution in [1.29, 1.82) is 0 Å². The highest BCUT2D eigenvalue weighted by Gasteiger charge is 2.81. The molecule has 2 heterocycles. The van der Waals surface area contributed by atoms with E-state index in [0.717, 1.165) is 44.6 Å². The van der Waals surface area contributed by atoms with Crippen LogP contribution in [-0.2, 0) is 23.0 Å². The second kappa shape index (κ2) is 7.27. The van der Waals surface area contributed by atoms with Crippen molar-refractivity contribution in [3.05, 3.63) is 59.2 Å². The van der Waals surface area contributed by atoms with Crippen LogP contribution in [-0.4, -0.2) is 59.2 Å². The molecule has 190 valence electrons. The number of ether oxygens (including phenoxy) is 2. The molecule has 5 fully saturated rings. The molecule has 7 aliphatic rings. The van der Waals surface area contributed by atoms with Gasteiger partial charge >= 0.3 is 0 Å². The molecule has 2 aromatic rings. The van der Waals surface area contributed by atoms with Gasteiger partial charge in [0, 0.05) is 42.0 Å². The number of likely N-dealkylation sites (tertiary alicyclic amines) is 1. The van der Waals surface area contributed by atoms with Gasteiger partial charge < -0.3 is 19.7 Å². The van der Waals surface area contributed by atoms with Crippen molar-refractivity contribution < 1.29 is 19.7 Å². The van der Waals surface area contributed by atoms with E-state index in [1.54, 1.807) is 0 Å². The third kappa shape index (κ3) is 2.53. The van der Waals surface area contributed by atoms with Crippen LogP contribution < -0.4 is 4.74 Å². The van der Waals surface area contributed by atoms with Gasteiger partial charge in [0.1, 0.15) is 11.7 Å². The lowest BCUT2D eigenvalue weighted by Crippen LogP contribution is -2.82. The molecule has 0 aromatic heterocycles.